The monoisotopic (exact) mass is 288 g/mol. The molecule has 0 N–H and O–H groups in total. The van der Waals surface area contributed by atoms with Gasteiger partial charge in [-0.25, -0.2) is 0 Å². The maximum atomic E-state index is 5.16. The summed E-state index contributed by atoms with van der Waals surface area (Å²) < 4.78 is 11.3. The second-order valence-electron chi connectivity index (χ2n) is 1.65. The molecule has 1 nitrogen and oxygen atoms in total. The Morgan fingerprint density at radius 2 is 1.56 bits per heavy atom. The summed E-state index contributed by atoms with van der Waals surface area (Å²) in [6, 6.07) is 0. The van der Waals surface area contributed by atoms with Gasteiger partial charge in [0.1, 0.15) is 0 Å². The normalized spacial score (nSPS) is 17.1. The summed E-state index contributed by atoms with van der Waals surface area (Å²) in [7, 11) is 0. The Kier molecular flexibility index (Phi) is 3.20. The Morgan fingerprint density at radius 3 is 1.89 bits per heavy atom. The zero-order valence-electron chi connectivity index (χ0n) is 4.64. The van der Waals surface area contributed by atoms with Crippen molar-refractivity contribution in [2.75, 3.05) is 13.2 Å². The molecule has 0 saturated carbocycles. The van der Waals surface area contributed by atoms with Gasteiger partial charge in [0.2, 0.25) is 0 Å². The fourth-order valence-corrected chi connectivity index (χ4v) is 1.51. The van der Waals surface area contributed by atoms with E-state index in [-0.39, 0.29) is 0 Å². The molecule has 0 atom stereocenters. The van der Waals surface area contributed by atoms with Crippen molar-refractivity contribution < 1.29 is 43.0 Å². The van der Waals surface area contributed by atoms with Crippen molar-refractivity contribution >= 4 is 0 Å². The first-order valence-corrected chi connectivity index (χ1v) is 4.45. The van der Waals surface area contributed by atoms with E-state index in [1.165, 1.54) is 11.1 Å². The van der Waals surface area contributed by atoms with E-state index in [0.29, 0.717) is 0 Å². The first-order chi connectivity index (χ1) is 4.38. The number of rotatable bonds is 0. The number of hydrogen-bond acceptors (Lipinski definition) is 1. The van der Waals surface area contributed by atoms with E-state index in [4.69, 9.17) is 4.74 Å². The second-order valence-corrected chi connectivity index (χ2v) is 2.66. The van der Waals surface area contributed by atoms with E-state index in [1.807, 2.05) is 38.3 Å². The van der Waals surface area contributed by atoms with Crippen LogP contribution >= 0.6 is 0 Å². The van der Waals surface area contributed by atoms with Gasteiger partial charge in [0.25, 0.3) is 0 Å². The Hall–Kier alpha value is 0.637. The van der Waals surface area contributed by atoms with Gasteiger partial charge in [-0.3, -0.25) is 0 Å². The molecule has 0 unspecified atom stereocenters. The van der Waals surface area contributed by atoms with Gasteiger partial charge in [0.05, 0.1) is 0 Å². The van der Waals surface area contributed by atoms with Crippen molar-refractivity contribution in [1.29, 1.82) is 0 Å². The molecule has 0 aliphatic carbocycles. The Balaban J connectivity index is 2.90. The minimum absolute atomic E-state index is 0.719. The van der Waals surface area contributed by atoms with Crippen molar-refractivity contribution in [3.05, 3.63) is 11.1 Å². The van der Waals surface area contributed by atoms with E-state index in [2.05, 4.69) is 8.40 Å². The third-order valence-corrected chi connectivity index (χ3v) is 2.31. The van der Waals surface area contributed by atoms with Crippen LogP contribution in [0.3, 0.4) is 0 Å². The summed E-state index contributed by atoms with van der Waals surface area (Å²) in [5, 5.41) is 0. The van der Waals surface area contributed by atoms with Gasteiger partial charge in [-0.1, -0.05) is 0 Å². The quantitative estimate of drug-likeness (QED) is 0.582. The predicted octanol–water partition coefficient (Wildman–Crippen LogP) is 0.325. The SMILES string of the molecule is [Mo]#[C]C1=C([C]#[Mo])COC1. The summed E-state index contributed by atoms with van der Waals surface area (Å²) in [5.74, 6) is 0. The average Bonchev–Trinajstić information content (AvgIpc) is 2.33. The van der Waals surface area contributed by atoms with Crippen LogP contribution in [0.5, 0.6) is 0 Å². The van der Waals surface area contributed by atoms with Crippen LogP contribution in [0.2, 0.25) is 0 Å². The zero-order chi connectivity index (χ0) is 6.69. The molecule has 0 aromatic rings. The van der Waals surface area contributed by atoms with E-state index >= 15 is 0 Å². The van der Waals surface area contributed by atoms with Crippen LogP contribution in [-0.4, -0.2) is 13.2 Å². The Labute approximate surface area is 75.5 Å². The third-order valence-electron chi connectivity index (χ3n) is 1.10. The van der Waals surface area contributed by atoms with Gasteiger partial charge in [0.15, 0.2) is 0 Å². The molecule has 46 valence electrons. The van der Waals surface area contributed by atoms with Crippen LogP contribution in [-0.2, 0) is 43.0 Å². The first-order valence-electron chi connectivity index (χ1n) is 2.44. The third kappa shape index (κ3) is 1.78. The molecule has 9 heavy (non-hydrogen) atoms. The standard InChI is InChI=1S/C6H4O.2Mo/c1-5-3-7-4-6(5)2;;/h3-4H2;;. The van der Waals surface area contributed by atoms with Crippen LogP contribution in [0.15, 0.2) is 11.1 Å². The van der Waals surface area contributed by atoms with Gasteiger partial charge in [-0.15, -0.1) is 0 Å². The molecular weight excluding hydrogens is 280 g/mol. The summed E-state index contributed by atoms with van der Waals surface area (Å²) in [6.45, 7) is 1.44. The fourth-order valence-electron chi connectivity index (χ4n) is 0.612. The van der Waals surface area contributed by atoms with E-state index in [1.54, 1.807) is 0 Å². The maximum absolute atomic E-state index is 5.16. The van der Waals surface area contributed by atoms with Gasteiger partial charge in [-0.05, 0) is 0 Å². The number of hydrogen-bond donors (Lipinski definition) is 0. The fraction of sp³-hybridized carbons (Fsp3) is 0.333. The Bertz CT molecular complexity index is 204. The van der Waals surface area contributed by atoms with Crippen LogP contribution in [0.4, 0.5) is 0 Å². The van der Waals surface area contributed by atoms with Crippen molar-refractivity contribution in [3.8, 4) is 8.40 Å². The van der Waals surface area contributed by atoms with E-state index in [0.717, 1.165) is 13.2 Å². The molecule has 1 rings (SSSR count). The van der Waals surface area contributed by atoms with E-state index in [9.17, 15) is 0 Å². The Morgan fingerprint density at radius 1 is 1.11 bits per heavy atom. The van der Waals surface area contributed by atoms with Crippen LogP contribution in [0, 0.1) is 8.40 Å². The molecule has 0 radical (unpaired) electrons. The predicted molar refractivity (Wildman–Crippen MR) is 25.6 cm³/mol. The van der Waals surface area contributed by atoms with Crippen molar-refractivity contribution in [2.45, 2.75) is 0 Å². The summed E-state index contributed by atoms with van der Waals surface area (Å²) in [6.07, 6.45) is 0. The second kappa shape index (κ2) is 3.72. The van der Waals surface area contributed by atoms with Crippen LogP contribution < -0.4 is 0 Å². The van der Waals surface area contributed by atoms with Gasteiger partial charge >= 0.3 is 75.8 Å². The molecule has 0 spiro atoms. The van der Waals surface area contributed by atoms with Gasteiger partial charge < -0.3 is 0 Å². The number of ether oxygens (including phenoxy) is 1. The molecule has 0 aromatic carbocycles. The molecule has 0 saturated heterocycles. The zero-order valence-corrected chi connectivity index (χ0v) is 8.65. The molecule has 1 aliphatic rings. The molecule has 1 heterocycles. The van der Waals surface area contributed by atoms with Crippen molar-refractivity contribution in [2.24, 2.45) is 0 Å². The summed E-state index contributed by atoms with van der Waals surface area (Å²) >= 11 is 3.68. The van der Waals surface area contributed by atoms with Crippen molar-refractivity contribution in [1.82, 2.24) is 0 Å². The molecule has 1 aliphatic heterocycles. The summed E-state index contributed by atoms with van der Waals surface area (Å²) in [5.41, 5.74) is 2.34. The van der Waals surface area contributed by atoms with Crippen LogP contribution in [0.25, 0.3) is 0 Å². The van der Waals surface area contributed by atoms with Gasteiger partial charge in [-0.2, -0.15) is 0 Å². The molecular formula is C6H4Mo2O. The molecule has 3 heteroatoms. The average molecular weight is 284 g/mol. The molecule has 0 fully saturated rings. The van der Waals surface area contributed by atoms with E-state index < -0.39 is 0 Å². The molecule has 0 bridgehead atoms. The van der Waals surface area contributed by atoms with Crippen molar-refractivity contribution in [3.63, 3.8) is 0 Å². The first kappa shape index (κ1) is 7.74. The topological polar surface area (TPSA) is 9.23 Å². The minimum atomic E-state index is 0.719. The molecule has 0 amide bonds. The summed E-state index contributed by atoms with van der Waals surface area (Å²) in [4.78, 5) is 0. The molecule has 0 aromatic heterocycles. The van der Waals surface area contributed by atoms with Crippen LogP contribution in [0.1, 0.15) is 0 Å². The van der Waals surface area contributed by atoms with Gasteiger partial charge in [0, 0.05) is 0 Å².